The smallest absolute Gasteiger partial charge is 0.243 e. The second-order valence-electron chi connectivity index (χ2n) is 5.66. The van der Waals surface area contributed by atoms with Crippen molar-refractivity contribution < 1.29 is 17.9 Å². The summed E-state index contributed by atoms with van der Waals surface area (Å²) in [7, 11) is -3.72. The molecular weight excluding hydrogens is 281 g/mol. The summed E-state index contributed by atoms with van der Waals surface area (Å²) in [5.74, 6) is -0.153. The lowest BCUT2D eigenvalue weighted by molar-refractivity contribution is 0.277. The highest BCUT2D eigenvalue weighted by Gasteiger charge is 2.41. The summed E-state index contributed by atoms with van der Waals surface area (Å²) in [5, 5.41) is 9.30. The Hall–Kier alpha value is -0.980. The molecule has 0 atom stereocenters. The molecule has 0 aromatic heterocycles. The minimum atomic E-state index is -3.72. The Kier molecular flexibility index (Phi) is 3.56. The summed E-state index contributed by atoms with van der Waals surface area (Å²) in [4.78, 5) is -0.0902. The summed E-state index contributed by atoms with van der Waals surface area (Å²) < 4.78 is 40.4. The van der Waals surface area contributed by atoms with Crippen molar-refractivity contribution in [3.8, 4) is 0 Å². The van der Waals surface area contributed by atoms with E-state index in [-0.39, 0.29) is 16.5 Å². The third kappa shape index (κ3) is 2.73. The number of nitrogens with zero attached hydrogens (tertiary/aromatic N) is 1. The summed E-state index contributed by atoms with van der Waals surface area (Å²) in [5.41, 5.74) is 0.257. The first-order chi connectivity index (χ1) is 9.52. The summed E-state index contributed by atoms with van der Waals surface area (Å²) in [6.45, 7) is 0.116. The number of aliphatic hydroxyl groups is 1. The molecule has 1 aromatic carbocycles. The minimum absolute atomic E-state index is 0.0513. The molecular formula is C14H18FNO3S. The van der Waals surface area contributed by atoms with E-state index in [4.69, 9.17) is 0 Å². The Balaban J connectivity index is 1.98. The van der Waals surface area contributed by atoms with Crippen LogP contribution in [0.2, 0.25) is 0 Å². The Morgan fingerprint density at radius 1 is 1.25 bits per heavy atom. The van der Waals surface area contributed by atoms with Gasteiger partial charge < -0.3 is 5.11 Å². The van der Waals surface area contributed by atoms with E-state index in [2.05, 4.69) is 0 Å². The molecule has 0 radical (unpaired) electrons. The van der Waals surface area contributed by atoms with E-state index in [1.54, 1.807) is 0 Å². The van der Waals surface area contributed by atoms with Crippen LogP contribution < -0.4 is 0 Å². The van der Waals surface area contributed by atoms with Crippen LogP contribution in [0.15, 0.2) is 23.1 Å². The lowest BCUT2D eigenvalue weighted by Crippen LogP contribution is -2.35. The predicted molar refractivity (Wildman–Crippen MR) is 72.0 cm³/mol. The van der Waals surface area contributed by atoms with Gasteiger partial charge in [0, 0.05) is 12.6 Å². The van der Waals surface area contributed by atoms with Crippen molar-refractivity contribution in [3.63, 3.8) is 0 Å². The van der Waals surface area contributed by atoms with Gasteiger partial charge in [0.25, 0.3) is 0 Å². The molecule has 110 valence electrons. The van der Waals surface area contributed by atoms with E-state index in [0.29, 0.717) is 12.5 Å². The lowest BCUT2D eigenvalue weighted by Gasteiger charge is -2.23. The first-order valence-electron chi connectivity index (χ1n) is 6.93. The quantitative estimate of drug-likeness (QED) is 0.872. The van der Waals surface area contributed by atoms with Gasteiger partial charge in [-0.2, -0.15) is 4.31 Å². The zero-order valence-electron chi connectivity index (χ0n) is 11.1. The maximum Gasteiger partial charge on any atom is 0.243 e. The SMILES string of the molecule is O=S(=O)(c1cc(F)ccc1CO)N(CC1CC1)C1CC1. The van der Waals surface area contributed by atoms with Crippen LogP contribution in [0, 0.1) is 11.7 Å². The highest BCUT2D eigenvalue weighted by Crippen LogP contribution is 2.38. The molecule has 0 heterocycles. The van der Waals surface area contributed by atoms with Gasteiger partial charge in [-0.15, -0.1) is 0 Å². The third-order valence-corrected chi connectivity index (χ3v) is 5.88. The second-order valence-corrected chi connectivity index (χ2v) is 7.52. The fourth-order valence-electron chi connectivity index (χ4n) is 2.39. The van der Waals surface area contributed by atoms with Gasteiger partial charge in [-0.25, -0.2) is 12.8 Å². The Morgan fingerprint density at radius 3 is 2.50 bits per heavy atom. The molecule has 0 aliphatic heterocycles. The molecule has 3 rings (SSSR count). The van der Waals surface area contributed by atoms with Gasteiger partial charge in [0.1, 0.15) is 5.82 Å². The van der Waals surface area contributed by atoms with E-state index in [9.17, 15) is 17.9 Å². The Labute approximate surface area is 118 Å². The molecule has 20 heavy (non-hydrogen) atoms. The van der Waals surface area contributed by atoms with Crippen LogP contribution in [0.4, 0.5) is 4.39 Å². The fraction of sp³-hybridized carbons (Fsp3) is 0.571. The zero-order chi connectivity index (χ0) is 14.3. The number of aliphatic hydroxyl groups excluding tert-OH is 1. The van der Waals surface area contributed by atoms with Crippen LogP contribution in [0.5, 0.6) is 0 Å². The minimum Gasteiger partial charge on any atom is -0.392 e. The molecule has 2 fully saturated rings. The molecule has 0 amide bonds. The van der Waals surface area contributed by atoms with Crippen molar-refractivity contribution in [2.24, 2.45) is 5.92 Å². The number of rotatable bonds is 6. The van der Waals surface area contributed by atoms with Gasteiger partial charge in [-0.05, 0) is 49.3 Å². The number of halogens is 1. The molecule has 1 N–H and O–H groups in total. The molecule has 0 unspecified atom stereocenters. The average Bonchev–Trinajstić information content (AvgIpc) is 3.27. The fourth-order valence-corrected chi connectivity index (χ4v) is 4.37. The van der Waals surface area contributed by atoms with Gasteiger partial charge in [-0.1, -0.05) is 6.07 Å². The van der Waals surface area contributed by atoms with Crippen LogP contribution in [0.1, 0.15) is 31.2 Å². The molecule has 6 heteroatoms. The standard InChI is InChI=1S/C14H18FNO3S/c15-12-4-3-11(9-17)14(7-12)20(18,19)16(13-5-6-13)8-10-1-2-10/h3-4,7,10,13,17H,1-2,5-6,8-9H2. The summed E-state index contributed by atoms with van der Waals surface area (Å²) in [6, 6.07) is 3.58. The molecule has 4 nitrogen and oxygen atoms in total. The van der Waals surface area contributed by atoms with Crippen LogP contribution in [-0.4, -0.2) is 30.4 Å². The van der Waals surface area contributed by atoms with Gasteiger partial charge in [0.05, 0.1) is 11.5 Å². The Morgan fingerprint density at radius 2 is 1.95 bits per heavy atom. The summed E-state index contributed by atoms with van der Waals surface area (Å²) >= 11 is 0. The van der Waals surface area contributed by atoms with Crippen molar-refractivity contribution in [1.29, 1.82) is 0 Å². The van der Waals surface area contributed by atoms with Gasteiger partial charge in [0.2, 0.25) is 10.0 Å². The van der Waals surface area contributed by atoms with Crippen LogP contribution >= 0.6 is 0 Å². The maximum atomic E-state index is 13.4. The van der Waals surface area contributed by atoms with E-state index in [1.165, 1.54) is 16.4 Å². The van der Waals surface area contributed by atoms with E-state index < -0.39 is 22.4 Å². The van der Waals surface area contributed by atoms with E-state index in [0.717, 1.165) is 31.7 Å². The number of hydrogen-bond acceptors (Lipinski definition) is 3. The van der Waals surface area contributed by atoms with E-state index >= 15 is 0 Å². The van der Waals surface area contributed by atoms with Gasteiger partial charge >= 0.3 is 0 Å². The van der Waals surface area contributed by atoms with Crippen molar-refractivity contribution in [3.05, 3.63) is 29.6 Å². The highest BCUT2D eigenvalue weighted by molar-refractivity contribution is 7.89. The normalized spacial score (nSPS) is 19.6. The molecule has 0 spiro atoms. The molecule has 0 saturated heterocycles. The average molecular weight is 299 g/mol. The first-order valence-corrected chi connectivity index (χ1v) is 8.37. The van der Waals surface area contributed by atoms with Crippen molar-refractivity contribution in [1.82, 2.24) is 4.31 Å². The second kappa shape index (κ2) is 5.09. The molecule has 2 aliphatic carbocycles. The number of benzene rings is 1. The highest BCUT2D eigenvalue weighted by atomic mass is 32.2. The molecule has 2 aliphatic rings. The Bertz CT molecular complexity index is 609. The third-order valence-electron chi connectivity index (χ3n) is 3.88. The maximum absolute atomic E-state index is 13.4. The lowest BCUT2D eigenvalue weighted by atomic mass is 10.2. The molecule has 1 aromatic rings. The predicted octanol–water partition coefficient (Wildman–Crippen LogP) is 1.88. The van der Waals surface area contributed by atoms with E-state index in [1.807, 2.05) is 0 Å². The molecule has 0 bridgehead atoms. The summed E-state index contributed by atoms with van der Waals surface area (Å²) in [6.07, 6.45) is 3.87. The van der Waals surface area contributed by atoms with Crippen molar-refractivity contribution >= 4 is 10.0 Å². The largest absolute Gasteiger partial charge is 0.392 e. The van der Waals surface area contributed by atoms with Crippen LogP contribution in [0.3, 0.4) is 0 Å². The van der Waals surface area contributed by atoms with Crippen molar-refractivity contribution in [2.45, 2.75) is 43.2 Å². The van der Waals surface area contributed by atoms with Gasteiger partial charge in [0.15, 0.2) is 0 Å². The number of sulfonamides is 1. The topological polar surface area (TPSA) is 57.6 Å². The number of hydrogen-bond donors (Lipinski definition) is 1. The zero-order valence-corrected chi connectivity index (χ0v) is 11.9. The first kappa shape index (κ1) is 14.0. The molecule has 2 saturated carbocycles. The monoisotopic (exact) mass is 299 g/mol. The van der Waals surface area contributed by atoms with Crippen molar-refractivity contribution in [2.75, 3.05) is 6.54 Å². The van der Waals surface area contributed by atoms with Crippen LogP contribution in [-0.2, 0) is 16.6 Å². The van der Waals surface area contributed by atoms with Gasteiger partial charge in [-0.3, -0.25) is 0 Å². The van der Waals surface area contributed by atoms with Crippen LogP contribution in [0.25, 0.3) is 0 Å².